The van der Waals surface area contributed by atoms with Crippen LogP contribution in [0.1, 0.15) is 68.6 Å². The summed E-state index contributed by atoms with van der Waals surface area (Å²) in [6.07, 6.45) is 1.00. The number of carbonyl (C=O) groups is 4. The van der Waals surface area contributed by atoms with Crippen molar-refractivity contribution < 1.29 is 47.6 Å². The maximum atomic E-state index is 12.9. The lowest BCUT2D eigenvalue weighted by molar-refractivity contribution is 0.0519. The molecule has 2 heterocycles. The first kappa shape index (κ1) is 46.1. The van der Waals surface area contributed by atoms with E-state index in [0.717, 1.165) is 35.2 Å². The summed E-state index contributed by atoms with van der Waals surface area (Å²) in [7, 11) is 0. The third-order valence-electron chi connectivity index (χ3n) is 9.79. The highest BCUT2D eigenvalue weighted by atomic mass is 16.5. The van der Waals surface area contributed by atoms with Gasteiger partial charge in [-0.2, -0.15) is 0 Å². The van der Waals surface area contributed by atoms with Gasteiger partial charge in [0, 0.05) is 94.6 Å². The Balaban J connectivity index is 0.000000228. The second-order valence-electron chi connectivity index (χ2n) is 13.8. The summed E-state index contributed by atoms with van der Waals surface area (Å²) in [5.41, 5.74) is 9.27. The molecular formula is C45H59N5O10. The van der Waals surface area contributed by atoms with E-state index in [2.05, 4.69) is 17.6 Å². The number of rotatable bonds is 26. The molecule has 0 atom stereocenters. The first-order valence-corrected chi connectivity index (χ1v) is 20.9. The average molecular weight is 830 g/mol. The zero-order valence-corrected chi connectivity index (χ0v) is 35.1. The number of anilines is 2. The van der Waals surface area contributed by atoms with E-state index in [1.165, 1.54) is 9.80 Å². The molecule has 2 aliphatic heterocycles. The highest BCUT2D eigenvalue weighted by Gasteiger charge is 2.34. The van der Waals surface area contributed by atoms with Gasteiger partial charge in [0.1, 0.15) is 0 Å². The fourth-order valence-electron chi connectivity index (χ4n) is 6.99. The number of carbonyl (C=O) groups excluding carboxylic acids is 4. The van der Waals surface area contributed by atoms with Gasteiger partial charge in [-0.15, -0.1) is 0 Å². The van der Waals surface area contributed by atoms with Crippen LogP contribution in [0, 0.1) is 0 Å². The highest BCUT2D eigenvalue weighted by molar-refractivity contribution is 6.27. The number of imide groups is 2. The van der Waals surface area contributed by atoms with Crippen molar-refractivity contribution >= 4 is 56.5 Å². The van der Waals surface area contributed by atoms with Gasteiger partial charge < -0.3 is 44.8 Å². The Morgan fingerprint density at radius 1 is 0.467 bits per heavy atom. The fourth-order valence-corrected chi connectivity index (χ4v) is 6.99. The highest BCUT2D eigenvalue weighted by Crippen LogP contribution is 2.35. The molecule has 0 saturated carbocycles. The lowest BCUT2D eigenvalue weighted by atomic mass is 9.93. The van der Waals surface area contributed by atoms with E-state index in [1.54, 1.807) is 24.3 Å². The SMILES string of the molecule is CCCOCCOCCNc1ccc2c3c(cccc13)C(=O)N(CCOCC)C2=O.CCOCCN1C(=O)c2cccc3c(NCCOCCOCCN)ccc(c23)C1=O. The first-order valence-electron chi connectivity index (χ1n) is 20.9. The van der Waals surface area contributed by atoms with E-state index in [9.17, 15) is 19.2 Å². The molecule has 0 saturated heterocycles. The molecule has 60 heavy (non-hydrogen) atoms. The Bertz CT molecular complexity index is 1870. The summed E-state index contributed by atoms with van der Waals surface area (Å²) in [5.74, 6) is -1.11. The van der Waals surface area contributed by atoms with Gasteiger partial charge in [-0.3, -0.25) is 29.0 Å². The molecule has 6 rings (SSSR count). The Morgan fingerprint density at radius 2 is 0.867 bits per heavy atom. The lowest BCUT2D eigenvalue weighted by Crippen LogP contribution is -2.42. The van der Waals surface area contributed by atoms with E-state index in [1.807, 2.05) is 50.2 Å². The zero-order chi connectivity index (χ0) is 42.7. The van der Waals surface area contributed by atoms with E-state index in [0.29, 0.717) is 125 Å². The number of hydrogen-bond donors (Lipinski definition) is 3. The maximum absolute atomic E-state index is 12.9. The Morgan fingerprint density at radius 3 is 1.27 bits per heavy atom. The van der Waals surface area contributed by atoms with Crippen LogP contribution in [0.2, 0.25) is 0 Å². The summed E-state index contributed by atoms with van der Waals surface area (Å²) in [6, 6.07) is 18.4. The van der Waals surface area contributed by atoms with Crippen molar-refractivity contribution in [1.29, 1.82) is 0 Å². The van der Waals surface area contributed by atoms with Crippen molar-refractivity contribution in [3.63, 3.8) is 0 Å². The summed E-state index contributed by atoms with van der Waals surface area (Å²) in [5, 5.41) is 9.80. The molecule has 2 aliphatic rings. The van der Waals surface area contributed by atoms with Crippen molar-refractivity contribution in [3.05, 3.63) is 82.9 Å². The maximum Gasteiger partial charge on any atom is 0.261 e. The monoisotopic (exact) mass is 829 g/mol. The standard InChI is InChI=1S/C23H30N2O5.C22H29N3O5/c1-3-12-29-15-16-30-13-10-24-20-9-8-19-21-17(20)6-5-7-18(21)22(26)25(23(19)27)11-14-28-4-2;1-2-28-13-10-25-21(26)17-5-3-4-16-19(7-6-18(20(16)17)22(25)27)24-9-12-30-15-14-29-11-8-23/h5-9,24H,3-4,10-16H2,1-2H3;3-7,24H,2,8-15,23H2,1H3. The van der Waals surface area contributed by atoms with Crippen LogP contribution in [0.4, 0.5) is 11.4 Å². The van der Waals surface area contributed by atoms with Crippen LogP contribution >= 0.6 is 0 Å². The third kappa shape index (κ3) is 11.6. The van der Waals surface area contributed by atoms with Crippen molar-refractivity contribution in [2.24, 2.45) is 5.73 Å². The summed E-state index contributed by atoms with van der Waals surface area (Å²) >= 11 is 0. The van der Waals surface area contributed by atoms with Gasteiger partial charge in [0.2, 0.25) is 0 Å². The molecule has 4 aromatic rings. The van der Waals surface area contributed by atoms with Gasteiger partial charge in [-0.05, 0) is 56.7 Å². The number of nitrogens with zero attached hydrogens (tertiary/aromatic N) is 2. The molecule has 0 unspecified atom stereocenters. The molecule has 0 spiro atoms. The Hall–Kier alpha value is -5.00. The molecule has 4 N–H and O–H groups in total. The molecule has 0 bridgehead atoms. The van der Waals surface area contributed by atoms with Crippen molar-refractivity contribution in [3.8, 4) is 0 Å². The van der Waals surface area contributed by atoms with Crippen LogP contribution in [0.5, 0.6) is 0 Å². The van der Waals surface area contributed by atoms with Crippen molar-refractivity contribution in [2.75, 3.05) is 123 Å². The largest absolute Gasteiger partial charge is 0.382 e. The van der Waals surface area contributed by atoms with Crippen molar-refractivity contribution in [2.45, 2.75) is 27.2 Å². The molecule has 4 amide bonds. The molecule has 0 aliphatic carbocycles. The molecule has 324 valence electrons. The van der Waals surface area contributed by atoms with Gasteiger partial charge in [-0.25, -0.2) is 0 Å². The molecule has 4 aromatic carbocycles. The van der Waals surface area contributed by atoms with E-state index < -0.39 is 0 Å². The van der Waals surface area contributed by atoms with Gasteiger partial charge >= 0.3 is 0 Å². The molecule has 0 radical (unpaired) electrons. The van der Waals surface area contributed by atoms with Crippen LogP contribution in [0.25, 0.3) is 21.5 Å². The Kier molecular flexibility index (Phi) is 18.7. The van der Waals surface area contributed by atoms with Crippen LogP contribution in [-0.4, -0.2) is 145 Å². The van der Waals surface area contributed by atoms with Crippen molar-refractivity contribution in [1.82, 2.24) is 9.80 Å². The van der Waals surface area contributed by atoms with E-state index in [4.69, 9.17) is 34.2 Å². The predicted molar refractivity (Wildman–Crippen MR) is 231 cm³/mol. The number of ether oxygens (including phenoxy) is 6. The van der Waals surface area contributed by atoms with Gasteiger partial charge in [0.15, 0.2) is 0 Å². The average Bonchev–Trinajstić information content (AvgIpc) is 3.26. The number of nitrogens with one attached hydrogen (secondary N) is 2. The minimum absolute atomic E-state index is 0.244. The quantitative estimate of drug-likeness (QED) is 0.0556. The van der Waals surface area contributed by atoms with E-state index in [-0.39, 0.29) is 36.7 Å². The van der Waals surface area contributed by atoms with Gasteiger partial charge in [0.25, 0.3) is 23.6 Å². The first-order chi connectivity index (χ1) is 29.4. The minimum Gasteiger partial charge on any atom is -0.382 e. The third-order valence-corrected chi connectivity index (χ3v) is 9.79. The second kappa shape index (κ2) is 24.3. The van der Waals surface area contributed by atoms with Crippen LogP contribution < -0.4 is 16.4 Å². The predicted octanol–water partition coefficient (Wildman–Crippen LogP) is 5.20. The van der Waals surface area contributed by atoms with Gasteiger partial charge in [0.05, 0.1) is 72.6 Å². The molecule has 15 heteroatoms. The lowest BCUT2D eigenvalue weighted by Gasteiger charge is -2.27. The Labute approximate surface area is 351 Å². The molecule has 0 aromatic heterocycles. The smallest absolute Gasteiger partial charge is 0.261 e. The number of amides is 4. The second-order valence-corrected chi connectivity index (χ2v) is 13.8. The van der Waals surface area contributed by atoms with Crippen LogP contribution in [-0.2, 0) is 28.4 Å². The number of benzene rings is 4. The number of nitrogens with two attached hydrogens (primary N) is 1. The summed E-state index contributed by atoms with van der Waals surface area (Å²) < 4.78 is 32.4. The van der Waals surface area contributed by atoms with Crippen LogP contribution in [0.3, 0.4) is 0 Å². The summed E-state index contributed by atoms with van der Waals surface area (Å²) in [4.78, 5) is 54.2. The van der Waals surface area contributed by atoms with Crippen LogP contribution in [0.15, 0.2) is 60.7 Å². The summed E-state index contributed by atoms with van der Waals surface area (Å²) in [6.45, 7) is 14.3. The van der Waals surface area contributed by atoms with E-state index >= 15 is 0 Å². The zero-order valence-electron chi connectivity index (χ0n) is 35.1. The topological polar surface area (TPSA) is 180 Å². The number of hydrogen-bond acceptors (Lipinski definition) is 13. The molecular weight excluding hydrogens is 771 g/mol. The minimum atomic E-state index is -0.282. The van der Waals surface area contributed by atoms with Gasteiger partial charge in [-0.1, -0.05) is 31.2 Å². The molecule has 0 fully saturated rings. The normalized spacial score (nSPS) is 13.3. The molecule has 15 nitrogen and oxygen atoms in total. The fraction of sp³-hybridized carbons (Fsp3) is 0.467.